The Bertz CT molecular complexity index is 835. The van der Waals surface area contributed by atoms with Gasteiger partial charge in [-0.05, 0) is 36.4 Å². The lowest BCUT2D eigenvalue weighted by Gasteiger charge is -2.36. The van der Waals surface area contributed by atoms with Crippen LogP contribution in [-0.2, 0) is 14.3 Å². The van der Waals surface area contributed by atoms with E-state index in [9.17, 15) is 14.0 Å². The lowest BCUT2D eigenvalue weighted by atomic mass is 10.2. The van der Waals surface area contributed by atoms with Crippen molar-refractivity contribution < 1.29 is 28.2 Å². The molecular weight excluding hydrogens is 379 g/mol. The molecule has 0 N–H and O–H groups in total. The molecule has 0 unspecified atom stereocenters. The first-order chi connectivity index (χ1) is 14.1. The van der Waals surface area contributed by atoms with Crippen LogP contribution in [0.2, 0.25) is 0 Å². The molecule has 1 amide bonds. The summed E-state index contributed by atoms with van der Waals surface area (Å²) < 4.78 is 28.6. The molecule has 154 valence electrons. The van der Waals surface area contributed by atoms with Crippen molar-refractivity contribution in [2.75, 3.05) is 51.4 Å². The number of esters is 1. The molecule has 1 heterocycles. The number of carbonyl (C=O) groups is 2. The minimum atomic E-state index is -0.630. The second-order valence-corrected chi connectivity index (χ2v) is 6.44. The van der Waals surface area contributed by atoms with Gasteiger partial charge < -0.3 is 24.0 Å². The lowest BCUT2D eigenvalue weighted by molar-refractivity contribution is -0.153. The summed E-state index contributed by atoms with van der Waals surface area (Å²) >= 11 is 0. The van der Waals surface area contributed by atoms with Crippen LogP contribution in [-0.4, -0.2) is 63.3 Å². The van der Waals surface area contributed by atoms with Gasteiger partial charge in [0.15, 0.2) is 24.7 Å². The van der Waals surface area contributed by atoms with Gasteiger partial charge >= 0.3 is 5.97 Å². The smallest absolute Gasteiger partial charge is 0.344 e. The summed E-state index contributed by atoms with van der Waals surface area (Å²) in [4.78, 5) is 27.9. The maximum absolute atomic E-state index is 13.0. The van der Waals surface area contributed by atoms with E-state index in [-0.39, 0.29) is 24.9 Å². The summed E-state index contributed by atoms with van der Waals surface area (Å²) in [6, 6.07) is 13.2. The molecule has 0 bridgehead atoms. The van der Waals surface area contributed by atoms with E-state index in [0.29, 0.717) is 37.7 Å². The third kappa shape index (κ3) is 5.60. The van der Waals surface area contributed by atoms with Gasteiger partial charge in [-0.15, -0.1) is 0 Å². The van der Waals surface area contributed by atoms with Crippen LogP contribution >= 0.6 is 0 Å². The number of methoxy groups -OCH3 is 1. The summed E-state index contributed by atoms with van der Waals surface area (Å²) in [6.45, 7) is 1.62. The number of piperazine rings is 1. The van der Waals surface area contributed by atoms with Gasteiger partial charge in [-0.2, -0.15) is 0 Å². The second kappa shape index (κ2) is 9.77. The molecule has 0 aliphatic carbocycles. The number of rotatable bonds is 7. The molecule has 0 aromatic heterocycles. The minimum Gasteiger partial charge on any atom is -0.493 e. The summed E-state index contributed by atoms with van der Waals surface area (Å²) in [7, 11) is 1.51. The Kier molecular flexibility index (Phi) is 6.89. The number of carbonyl (C=O) groups excluding carboxylic acids is 2. The fourth-order valence-corrected chi connectivity index (χ4v) is 3.02. The number of hydrogen-bond donors (Lipinski definition) is 0. The van der Waals surface area contributed by atoms with Crippen LogP contribution in [0.4, 0.5) is 10.1 Å². The number of para-hydroxylation sites is 2. The van der Waals surface area contributed by atoms with Gasteiger partial charge in [0.1, 0.15) is 5.82 Å². The zero-order valence-electron chi connectivity index (χ0n) is 16.2. The highest BCUT2D eigenvalue weighted by Crippen LogP contribution is 2.25. The van der Waals surface area contributed by atoms with Crippen LogP contribution < -0.4 is 14.4 Å². The van der Waals surface area contributed by atoms with Crippen LogP contribution in [0.3, 0.4) is 0 Å². The molecule has 7 nitrogen and oxygen atoms in total. The quantitative estimate of drug-likeness (QED) is 0.661. The van der Waals surface area contributed by atoms with E-state index in [4.69, 9.17) is 14.2 Å². The van der Waals surface area contributed by atoms with E-state index in [0.717, 1.165) is 5.69 Å². The standard InChI is InChI=1S/C21H23FN2O5/c1-27-18-4-2-3-5-19(18)28-15-21(26)29-14-20(25)24-12-10-23(11-13-24)17-8-6-16(22)7-9-17/h2-9H,10-15H2,1H3. The first-order valence-corrected chi connectivity index (χ1v) is 9.26. The maximum Gasteiger partial charge on any atom is 0.344 e. The van der Waals surface area contributed by atoms with Crippen molar-refractivity contribution in [1.82, 2.24) is 4.90 Å². The van der Waals surface area contributed by atoms with Gasteiger partial charge in [0.25, 0.3) is 5.91 Å². The Morgan fingerprint density at radius 2 is 1.59 bits per heavy atom. The normalized spacial score (nSPS) is 13.7. The molecule has 1 saturated heterocycles. The largest absolute Gasteiger partial charge is 0.493 e. The van der Waals surface area contributed by atoms with E-state index in [1.54, 1.807) is 41.3 Å². The number of benzene rings is 2. The van der Waals surface area contributed by atoms with Crippen LogP contribution in [0.25, 0.3) is 0 Å². The highest BCUT2D eigenvalue weighted by Gasteiger charge is 2.22. The lowest BCUT2D eigenvalue weighted by Crippen LogP contribution is -2.50. The summed E-state index contributed by atoms with van der Waals surface area (Å²) in [5, 5.41) is 0. The molecule has 0 radical (unpaired) electrons. The number of anilines is 1. The number of hydrogen-bond acceptors (Lipinski definition) is 6. The van der Waals surface area contributed by atoms with Crippen molar-refractivity contribution >= 4 is 17.6 Å². The fourth-order valence-electron chi connectivity index (χ4n) is 3.02. The average Bonchev–Trinajstić information content (AvgIpc) is 2.77. The molecule has 1 aliphatic rings. The topological polar surface area (TPSA) is 68.3 Å². The number of ether oxygens (including phenoxy) is 3. The van der Waals surface area contributed by atoms with Crippen molar-refractivity contribution in [2.24, 2.45) is 0 Å². The maximum atomic E-state index is 13.0. The molecular formula is C21H23FN2O5. The van der Waals surface area contributed by atoms with Gasteiger partial charge in [0, 0.05) is 31.9 Å². The molecule has 29 heavy (non-hydrogen) atoms. The van der Waals surface area contributed by atoms with Crippen molar-refractivity contribution in [1.29, 1.82) is 0 Å². The van der Waals surface area contributed by atoms with Gasteiger partial charge in [-0.1, -0.05) is 12.1 Å². The monoisotopic (exact) mass is 402 g/mol. The predicted molar refractivity (Wildman–Crippen MR) is 105 cm³/mol. The zero-order valence-corrected chi connectivity index (χ0v) is 16.2. The Labute approximate surface area is 168 Å². The molecule has 2 aromatic carbocycles. The first-order valence-electron chi connectivity index (χ1n) is 9.26. The highest BCUT2D eigenvalue weighted by atomic mass is 19.1. The molecule has 1 fully saturated rings. The first kappa shape index (κ1) is 20.4. The fraction of sp³-hybridized carbons (Fsp3) is 0.333. The van der Waals surface area contributed by atoms with Crippen LogP contribution in [0, 0.1) is 5.82 Å². The van der Waals surface area contributed by atoms with Crippen LogP contribution in [0.5, 0.6) is 11.5 Å². The van der Waals surface area contributed by atoms with E-state index in [1.165, 1.54) is 19.2 Å². The molecule has 0 saturated carbocycles. The predicted octanol–water partition coefficient (Wildman–Crippen LogP) is 2.11. The van der Waals surface area contributed by atoms with Gasteiger partial charge in [-0.3, -0.25) is 4.79 Å². The van der Waals surface area contributed by atoms with Gasteiger partial charge in [0.2, 0.25) is 0 Å². The van der Waals surface area contributed by atoms with E-state index in [2.05, 4.69) is 4.90 Å². The van der Waals surface area contributed by atoms with E-state index < -0.39 is 5.97 Å². The number of nitrogens with zero attached hydrogens (tertiary/aromatic N) is 2. The highest BCUT2D eigenvalue weighted by molar-refractivity contribution is 5.81. The van der Waals surface area contributed by atoms with Crippen molar-refractivity contribution in [2.45, 2.75) is 0 Å². The van der Waals surface area contributed by atoms with Crippen molar-refractivity contribution in [3.05, 3.63) is 54.3 Å². The Morgan fingerprint density at radius 3 is 2.24 bits per heavy atom. The summed E-state index contributed by atoms with van der Waals surface area (Å²) in [5.41, 5.74) is 0.915. The van der Waals surface area contributed by atoms with Gasteiger partial charge in [-0.25, -0.2) is 9.18 Å². The molecule has 8 heteroatoms. The van der Waals surface area contributed by atoms with Gasteiger partial charge in [0.05, 0.1) is 7.11 Å². The molecule has 0 atom stereocenters. The average molecular weight is 402 g/mol. The van der Waals surface area contributed by atoms with Crippen LogP contribution in [0.15, 0.2) is 48.5 Å². The van der Waals surface area contributed by atoms with E-state index >= 15 is 0 Å². The zero-order chi connectivity index (χ0) is 20.6. The number of halogens is 1. The molecule has 2 aromatic rings. The molecule has 0 spiro atoms. The Hall–Kier alpha value is -3.29. The van der Waals surface area contributed by atoms with Crippen molar-refractivity contribution in [3.8, 4) is 11.5 Å². The third-order valence-corrected chi connectivity index (χ3v) is 4.60. The second-order valence-electron chi connectivity index (χ2n) is 6.44. The molecule has 3 rings (SSSR count). The van der Waals surface area contributed by atoms with Crippen molar-refractivity contribution in [3.63, 3.8) is 0 Å². The third-order valence-electron chi connectivity index (χ3n) is 4.60. The van der Waals surface area contributed by atoms with Crippen LogP contribution in [0.1, 0.15) is 0 Å². The van der Waals surface area contributed by atoms with E-state index in [1.807, 2.05) is 0 Å². The summed E-state index contributed by atoms with van der Waals surface area (Å²) in [5.74, 6) is -0.228. The Morgan fingerprint density at radius 1 is 0.931 bits per heavy atom. The SMILES string of the molecule is COc1ccccc1OCC(=O)OCC(=O)N1CCN(c2ccc(F)cc2)CC1. The Balaban J connectivity index is 1.39. The minimum absolute atomic E-state index is 0.255. The number of amides is 1. The summed E-state index contributed by atoms with van der Waals surface area (Å²) in [6.07, 6.45) is 0. The molecule has 1 aliphatic heterocycles.